The van der Waals surface area contributed by atoms with Gasteiger partial charge in [-0.05, 0) is 36.5 Å². The number of benzene rings is 2. The van der Waals surface area contributed by atoms with Crippen LogP contribution in [0.4, 0.5) is 5.69 Å². The van der Waals surface area contributed by atoms with Gasteiger partial charge in [-0.15, -0.1) is 0 Å². The molecule has 18 heavy (non-hydrogen) atoms. The summed E-state index contributed by atoms with van der Waals surface area (Å²) in [6.07, 6.45) is 0. The summed E-state index contributed by atoms with van der Waals surface area (Å²) in [7, 11) is 0. The standard InChI is InChI=1S/C17H21N/c1-13-8-7-9-14(2)17(13)18-12-15(3)16-10-5-4-6-11-16/h4-11,15,18H,12H2,1-3H3. The molecule has 0 bridgehead atoms. The highest BCUT2D eigenvalue weighted by Gasteiger charge is 2.06. The summed E-state index contributed by atoms with van der Waals surface area (Å²) >= 11 is 0. The topological polar surface area (TPSA) is 12.0 Å². The van der Waals surface area contributed by atoms with E-state index >= 15 is 0 Å². The van der Waals surface area contributed by atoms with E-state index in [1.165, 1.54) is 22.4 Å². The summed E-state index contributed by atoms with van der Waals surface area (Å²) in [5.74, 6) is 0.519. The molecule has 2 rings (SSSR count). The van der Waals surface area contributed by atoms with Crippen LogP contribution in [0.2, 0.25) is 0 Å². The lowest BCUT2D eigenvalue weighted by Gasteiger charge is -2.17. The van der Waals surface area contributed by atoms with Crippen LogP contribution in [0.15, 0.2) is 48.5 Å². The normalized spacial score (nSPS) is 12.2. The molecule has 1 N–H and O–H groups in total. The fourth-order valence-corrected chi connectivity index (χ4v) is 2.25. The molecule has 0 heterocycles. The second-order valence-electron chi connectivity index (χ2n) is 4.96. The van der Waals surface area contributed by atoms with Gasteiger partial charge in [-0.3, -0.25) is 0 Å². The van der Waals surface area contributed by atoms with E-state index in [0.29, 0.717) is 5.92 Å². The molecular weight excluding hydrogens is 218 g/mol. The number of rotatable bonds is 4. The lowest BCUT2D eigenvalue weighted by Crippen LogP contribution is -2.11. The van der Waals surface area contributed by atoms with Crippen molar-refractivity contribution in [2.75, 3.05) is 11.9 Å². The molecule has 1 atom stereocenters. The first-order chi connectivity index (χ1) is 8.68. The van der Waals surface area contributed by atoms with Gasteiger partial charge in [0.25, 0.3) is 0 Å². The van der Waals surface area contributed by atoms with E-state index in [1.54, 1.807) is 0 Å². The van der Waals surface area contributed by atoms with Crippen molar-refractivity contribution in [3.05, 3.63) is 65.2 Å². The fraction of sp³-hybridized carbons (Fsp3) is 0.294. The van der Waals surface area contributed by atoms with E-state index < -0.39 is 0 Å². The molecular formula is C17H21N. The Labute approximate surface area is 110 Å². The molecule has 2 aromatic rings. The number of para-hydroxylation sites is 1. The molecule has 0 aliphatic rings. The van der Waals surface area contributed by atoms with Crippen LogP contribution in [0.25, 0.3) is 0 Å². The highest BCUT2D eigenvalue weighted by molar-refractivity contribution is 5.56. The van der Waals surface area contributed by atoms with E-state index in [-0.39, 0.29) is 0 Å². The van der Waals surface area contributed by atoms with Gasteiger partial charge in [-0.2, -0.15) is 0 Å². The molecule has 0 saturated carbocycles. The zero-order valence-corrected chi connectivity index (χ0v) is 11.4. The molecule has 94 valence electrons. The third kappa shape index (κ3) is 2.92. The summed E-state index contributed by atoms with van der Waals surface area (Å²) in [6.45, 7) is 7.54. The number of anilines is 1. The Balaban J connectivity index is 2.04. The van der Waals surface area contributed by atoms with Gasteiger partial charge in [-0.25, -0.2) is 0 Å². The van der Waals surface area contributed by atoms with Crippen LogP contribution in [-0.2, 0) is 0 Å². The predicted octanol–water partition coefficient (Wildman–Crippen LogP) is 4.52. The van der Waals surface area contributed by atoms with Crippen LogP contribution >= 0.6 is 0 Å². The van der Waals surface area contributed by atoms with Gasteiger partial charge in [0, 0.05) is 12.2 Å². The van der Waals surface area contributed by atoms with Gasteiger partial charge < -0.3 is 5.32 Å². The average Bonchev–Trinajstić information content (AvgIpc) is 2.39. The van der Waals surface area contributed by atoms with Crippen LogP contribution in [0, 0.1) is 13.8 Å². The molecule has 1 nitrogen and oxygen atoms in total. The monoisotopic (exact) mass is 239 g/mol. The van der Waals surface area contributed by atoms with Crippen molar-refractivity contribution < 1.29 is 0 Å². The van der Waals surface area contributed by atoms with E-state index in [2.05, 4.69) is 74.6 Å². The Morgan fingerprint density at radius 1 is 0.889 bits per heavy atom. The van der Waals surface area contributed by atoms with Gasteiger partial charge in [0.2, 0.25) is 0 Å². The van der Waals surface area contributed by atoms with Crippen molar-refractivity contribution >= 4 is 5.69 Å². The largest absolute Gasteiger partial charge is 0.384 e. The lowest BCUT2D eigenvalue weighted by atomic mass is 10.0. The molecule has 1 heteroatoms. The van der Waals surface area contributed by atoms with E-state index in [4.69, 9.17) is 0 Å². The molecule has 0 spiro atoms. The molecule has 0 amide bonds. The van der Waals surface area contributed by atoms with Crippen molar-refractivity contribution in [3.8, 4) is 0 Å². The van der Waals surface area contributed by atoms with Crippen LogP contribution in [0.1, 0.15) is 29.5 Å². The Kier molecular flexibility index (Phi) is 4.03. The molecule has 0 aliphatic heterocycles. The Morgan fingerprint density at radius 3 is 2.11 bits per heavy atom. The fourth-order valence-electron chi connectivity index (χ4n) is 2.25. The van der Waals surface area contributed by atoms with Gasteiger partial charge in [0.15, 0.2) is 0 Å². The first kappa shape index (κ1) is 12.7. The summed E-state index contributed by atoms with van der Waals surface area (Å²) in [5.41, 5.74) is 5.29. The maximum Gasteiger partial charge on any atom is 0.0399 e. The number of hydrogen-bond acceptors (Lipinski definition) is 1. The second-order valence-corrected chi connectivity index (χ2v) is 4.96. The van der Waals surface area contributed by atoms with Gasteiger partial charge in [0.1, 0.15) is 0 Å². The summed E-state index contributed by atoms with van der Waals surface area (Å²) < 4.78 is 0. The van der Waals surface area contributed by atoms with Crippen molar-refractivity contribution in [2.45, 2.75) is 26.7 Å². The zero-order valence-electron chi connectivity index (χ0n) is 11.4. The third-order valence-electron chi connectivity index (χ3n) is 3.43. The van der Waals surface area contributed by atoms with Gasteiger partial charge >= 0.3 is 0 Å². The van der Waals surface area contributed by atoms with E-state index in [1.807, 2.05) is 0 Å². The van der Waals surface area contributed by atoms with Crippen molar-refractivity contribution in [3.63, 3.8) is 0 Å². The minimum atomic E-state index is 0.519. The van der Waals surface area contributed by atoms with E-state index in [9.17, 15) is 0 Å². The minimum absolute atomic E-state index is 0.519. The molecule has 0 aliphatic carbocycles. The molecule has 0 aromatic heterocycles. The SMILES string of the molecule is Cc1cccc(C)c1NCC(C)c1ccccc1. The first-order valence-electron chi connectivity index (χ1n) is 6.53. The Bertz CT molecular complexity index is 482. The first-order valence-corrected chi connectivity index (χ1v) is 6.53. The Hall–Kier alpha value is -1.76. The molecule has 0 fully saturated rings. The molecule has 0 radical (unpaired) electrons. The Morgan fingerprint density at radius 2 is 1.50 bits per heavy atom. The van der Waals surface area contributed by atoms with E-state index in [0.717, 1.165) is 6.54 Å². The van der Waals surface area contributed by atoms with Gasteiger partial charge in [0.05, 0.1) is 0 Å². The molecule has 2 aromatic carbocycles. The van der Waals surface area contributed by atoms with Crippen LogP contribution in [0.5, 0.6) is 0 Å². The maximum absolute atomic E-state index is 3.58. The third-order valence-corrected chi connectivity index (χ3v) is 3.43. The highest BCUT2D eigenvalue weighted by atomic mass is 14.9. The van der Waals surface area contributed by atoms with Crippen LogP contribution < -0.4 is 5.32 Å². The maximum atomic E-state index is 3.58. The summed E-state index contributed by atoms with van der Waals surface area (Å²) in [5, 5.41) is 3.58. The number of aryl methyl sites for hydroxylation is 2. The number of nitrogens with one attached hydrogen (secondary N) is 1. The lowest BCUT2D eigenvalue weighted by molar-refractivity contribution is 0.803. The predicted molar refractivity (Wildman–Crippen MR) is 79.3 cm³/mol. The van der Waals surface area contributed by atoms with Crippen LogP contribution in [0.3, 0.4) is 0 Å². The minimum Gasteiger partial charge on any atom is -0.384 e. The summed E-state index contributed by atoms with van der Waals surface area (Å²) in [4.78, 5) is 0. The van der Waals surface area contributed by atoms with Crippen molar-refractivity contribution in [1.29, 1.82) is 0 Å². The quantitative estimate of drug-likeness (QED) is 0.827. The zero-order chi connectivity index (χ0) is 13.0. The molecule has 0 saturated heterocycles. The van der Waals surface area contributed by atoms with Crippen molar-refractivity contribution in [1.82, 2.24) is 0 Å². The van der Waals surface area contributed by atoms with Crippen molar-refractivity contribution in [2.24, 2.45) is 0 Å². The second kappa shape index (κ2) is 5.72. The van der Waals surface area contributed by atoms with Crippen LogP contribution in [-0.4, -0.2) is 6.54 Å². The highest BCUT2D eigenvalue weighted by Crippen LogP contribution is 2.21. The summed E-state index contributed by atoms with van der Waals surface area (Å²) in [6, 6.07) is 17.1. The number of hydrogen-bond donors (Lipinski definition) is 1. The van der Waals surface area contributed by atoms with Gasteiger partial charge in [-0.1, -0.05) is 55.5 Å². The molecule has 1 unspecified atom stereocenters. The average molecular weight is 239 g/mol. The smallest absolute Gasteiger partial charge is 0.0399 e.